The number of aromatic hydroxyl groups is 4. The molecule has 19 heteroatoms. The van der Waals surface area contributed by atoms with Crippen LogP contribution < -0.4 is 21.7 Å². The third-order valence-electron chi connectivity index (χ3n) is 22.6. The highest BCUT2D eigenvalue weighted by atomic mass is 19.1. The predicted molar refractivity (Wildman–Crippen MR) is 429 cm³/mol. The van der Waals surface area contributed by atoms with Crippen molar-refractivity contribution in [2.45, 2.75) is 150 Å². The van der Waals surface area contributed by atoms with Crippen LogP contribution in [0.3, 0.4) is 0 Å². The molecule has 0 amide bonds. The molecule has 10 heterocycles. The first-order valence-corrected chi connectivity index (χ1v) is 38.6. The summed E-state index contributed by atoms with van der Waals surface area (Å²) in [6, 6.07) is 57.8. The smallest absolute Gasteiger partial charge is 0.223 e. The summed E-state index contributed by atoms with van der Waals surface area (Å²) in [5.41, 5.74) is 18.2. The van der Waals surface area contributed by atoms with E-state index in [4.69, 9.17) is 4.74 Å². The third kappa shape index (κ3) is 18.1. The van der Waals surface area contributed by atoms with Gasteiger partial charge in [-0.15, -0.1) is 0 Å². The summed E-state index contributed by atoms with van der Waals surface area (Å²) in [4.78, 5) is 62.3. The van der Waals surface area contributed by atoms with E-state index in [-0.39, 0.29) is 69.3 Å². The van der Waals surface area contributed by atoms with E-state index in [0.717, 1.165) is 162 Å². The van der Waals surface area contributed by atoms with Gasteiger partial charge in [0.25, 0.3) is 0 Å². The number of aryl methyl sites for hydroxylation is 5. The number of nitrogens with zero attached hydrogens (tertiary/aromatic N) is 9. The first-order chi connectivity index (χ1) is 53.3. The first kappa shape index (κ1) is 77.4. The van der Waals surface area contributed by atoms with E-state index in [1.165, 1.54) is 74.5 Å². The molecule has 1 saturated heterocycles. The van der Waals surface area contributed by atoms with Gasteiger partial charge in [-0.25, -0.2) is 4.39 Å². The molecule has 0 saturated carbocycles. The second-order valence-electron chi connectivity index (χ2n) is 29.6. The number of hydrogen-bond acceptors (Lipinski definition) is 14. The Balaban J connectivity index is 0.000000130. The Morgan fingerprint density at radius 1 is 0.418 bits per heavy atom. The van der Waals surface area contributed by atoms with E-state index in [9.17, 15) is 44.0 Å². The third-order valence-corrected chi connectivity index (χ3v) is 22.6. The Labute approximate surface area is 642 Å². The maximum absolute atomic E-state index is 13.5. The minimum Gasteiger partial charge on any atom is -0.503 e. The number of aromatic nitrogens is 5. The standard InChI is InChI=1S/C28H27N3O2.C23H23FN2O2.C22H28N2O3.C18H22N2O2/c1-2-20-8-10-21(11-9-20)18-31-14-13-30-19-27(33)26(32)16-25(30)28(31)23-6-3-5-22(15-23)24-7-4-12-29-17-24;1-15-4-3-5-16(2)19(15)13-26-11-10-25-14-22(28)21(27)12-20(25)23(26)17-6-8-18(24)9-7-17;1-2-16-3-5-17(6-4-16)14-24-10-9-23-15-21(26)20(25)13-19(23)22(24)18-7-11-27-12-8-18;1-3-14-4-6-15(7-5-14)11-19-8-9-20-12-18(22)17(21)10-16(20)13(19)2/h3-12,15-17,19,28,33H,2,13-14,18H2,1H3;3-9,12,14,23,28H,10-11,13H2,1-2H3;3-6,13,15,18,22,26H,2,7-12,14H2,1H3;4-7,10,12-13,22H,3,8-9,11H2,1-2H3. The van der Waals surface area contributed by atoms with Crippen molar-refractivity contribution in [1.29, 1.82) is 0 Å². The van der Waals surface area contributed by atoms with Crippen molar-refractivity contribution in [2.24, 2.45) is 5.92 Å². The van der Waals surface area contributed by atoms with E-state index in [2.05, 4.69) is 192 Å². The van der Waals surface area contributed by atoms with Crippen LogP contribution in [0.5, 0.6) is 23.0 Å². The van der Waals surface area contributed by atoms with Crippen molar-refractivity contribution in [3.05, 3.63) is 344 Å². The molecule has 6 aromatic carbocycles. The Kier molecular flexibility index (Phi) is 24.8. The highest BCUT2D eigenvalue weighted by Gasteiger charge is 2.37. The molecule has 570 valence electrons. The van der Waals surface area contributed by atoms with Crippen LogP contribution in [-0.2, 0) is 76.4 Å². The average Bonchev–Trinajstić information content (AvgIpc) is 0.781. The highest BCUT2D eigenvalue weighted by Crippen LogP contribution is 2.40. The summed E-state index contributed by atoms with van der Waals surface area (Å²) >= 11 is 0. The van der Waals surface area contributed by atoms with Crippen molar-refractivity contribution in [3.63, 3.8) is 0 Å². The number of benzene rings is 6. The minimum atomic E-state index is -0.396. The Morgan fingerprint density at radius 3 is 1.31 bits per heavy atom. The van der Waals surface area contributed by atoms with E-state index < -0.39 is 5.43 Å². The Bertz CT molecular complexity index is 5210. The van der Waals surface area contributed by atoms with Gasteiger partial charge in [-0.2, -0.15) is 0 Å². The van der Waals surface area contributed by atoms with Crippen LogP contribution in [0.2, 0.25) is 0 Å². The summed E-state index contributed by atoms with van der Waals surface area (Å²) in [5.74, 6) is -0.601. The number of fused-ring (bicyclic) bond motifs is 4. The van der Waals surface area contributed by atoms with Crippen LogP contribution >= 0.6 is 0 Å². The molecule has 11 aromatic rings. The number of hydrogen-bond donors (Lipinski definition) is 4. The maximum atomic E-state index is 13.5. The first-order valence-electron chi connectivity index (χ1n) is 38.6. The van der Waals surface area contributed by atoms with Gasteiger partial charge in [-0.05, 0) is 155 Å². The van der Waals surface area contributed by atoms with Crippen molar-refractivity contribution >= 4 is 0 Å². The molecular formula is C91H100FN9O9. The largest absolute Gasteiger partial charge is 0.503 e. The van der Waals surface area contributed by atoms with E-state index in [1.54, 1.807) is 55.1 Å². The lowest BCUT2D eigenvalue weighted by Crippen LogP contribution is -2.43. The van der Waals surface area contributed by atoms with Gasteiger partial charge in [0.15, 0.2) is 23.0 Å². The Morgan fingerprint density at radius 2 is 0.818 bits per heavy atom. The van der Waals surface area contributed by atoms with Crippen molar-refractivity contribution in [2.75, 3.05) is 39.4 Å². The molecule has 1 fully saturated rings. The van der Waals surface area contributed by atoms with Crippen LogP contribution in [0.15, 0.2) is 232 Å². The van der Waals surface area contributed by atoms with E-state index >= 15 is 0 Å². The fraction of sp³-hybridized carbons (Fsp3) is 0.330. The second-order valence-corrected chi connectivity index (χ2v) is 29.6. The zero-order chi connectivity index (χ0) is 77.1. The fourth-order valence-electron chi connectivity index (χ4n) is 16.2. The van der Waals surface area contributed by atoms with Crippen LogP contribution in [0.25, 0.3) is 11.1 Å². The summed E-state index contributed by atoms with van der Waals surface area (Å²) in [6.07, 6.45) is 15.0. The normalized spacial score (nSPS) is 17.8. The molecule has 5 aromatic heterocycles. The molecule has 0 radical (unpaired) electrons. The molecule has 16 rings (SSSR count). The van der Waals surface area contributed by atoms with Crippen LogP contribution in [0, 0.1) is 25.6 Å². The molecule has 4 atom stereocenters. The van der Waals surface area contributed by atoms with Gasteiger partial charge in [0, 0.05) is 157 Å². The van der Waals surface area contributed by atoms with Crippen molar-refractivity contribution in [1.82, 2.24) is 42.9 Å². The van der Waals surface area contributed by atoms with Crippen LogP contribution in [0.1, 0.15) is 149 Å². The van der Waals surface area contributed by atoms with Gasteiger partial charge in [0.05, 0.1) is 42.9 Å². The molecule has 18 nitrogen and oxygen atoms in total. The summed E-state index contributed by atoms with van der Waals surface area (Å²) in [5, 5.41) is 39.3. The second kappa shape index (κ2) is 35.3. The van der Waals surface area contributed by atoms with Gasteiger partial charge in [-0.1, -0.05) is 148 Å². The Hall–Kier alpha value is -10.8. The molecule has 0 aliphatic carbocycles. The average molecular weight is 1480 g/mol. The van der Waals surface area contributed by atoms with Crippen molar-refractivity contribution < 1.29 is 29.6 Å². The molecule has 0 spiro atoms. The number of rotatable bonds is 15. The summed E-state index contributed by atoms with van der Waals surface area (Å²) in [7, 11) is 0. The molecular weight excluding hydrogens is 1380 g/mol. The zero-order valence-electron chi connectivity index (χ0n) is 63.8. The lowest BCUT2D eigenvalue weighted by atomic mass is 9.86. The number of ether oxygens (including phenoxy) is 1. The van der Waals surface area contributed by atoms with Gasteiger partial charge in [-0.3, -0.25) is 43.8 Å². The molecule has 0 bridgehead atoms. The van der Waals surface area contributed by atoms with E-state index in [0.29, 0.717) is 12.5 Å². The number of pyridine rings is 5. The summed E-state index contributed by atoms with van der Waals surface area (Å²) < 4.78 is 27.1. The molecule has 5 aliphatic heterocycles. The van der Waals surface area contributed by atoms with Crippen molar-refractivity contribution in [3.8, 4) is 34.1 Å². The van der Waals surface area contributed by atoms with Gasteiger partial charge < -0.3 is 43.4 Å². The summed E-state index contributed by atoms with van der Waals surface area (Å²) in [6.45, 7) is 24.0. The number of halogens is 1. The zero-order valence-corrected chi connectivity index (χ0v) is 63.8. The van der Waals surface area contributed by atoms with Gasteiger partial charge >= 0.3 is 0 Å². The monoisotopic (exact) mass is 1480 g/mol. The predicted octanol–water partition coefficient (Wildman–Crippen LogP) is 14.5. The molecule has 4 unspecified atom stereocenters. The quantitative estimate of drug-likeness (QED) is 0.0754. The fourth-order valence-corrected chi connectivity index (χ4v) is 16.2. The molecule has 4 N–H and O–H groups in total. The molecule has 5 aliphatic rings. The van der Waals surface area contributed by atoms with Gasteiger partial charge in [0.1, 0.15) is 5.82 Å². The minimum absolute atomic E-state index is 0.102. The van der Waals surface area contributed by atoms with Crippen LogP contribution in [-0.4, -0.2) is 103 Å². The van der Waals surface area contributed by atoms with E-state index in [1.807, 2.05) is 26.0 Å². The van der Waals surface area contributed by atoms with Gasteiger partial charge in [0.2, 0.25) is 21.7 Å². The lowest BCUT2D eigenvalue weighted by Gasteiger charge is -2.43. The molecule has 110 heavy (non-hydrogen) atoms. The maximum Gasteiger partial charge on any atom is 0.223 e. The SMILES string of the molecule is CCc1ccc(CN2CCn3cc(O)c(=O)cc3C2C)cc1.CCc1ccc(CN2CCn3cc(O)c(=O)cc3C2C2CCOCC2)cc1.CCc1ccc(CN2CCn3cc(O)c(=O)cc3C2c2cccc(-c3cccnc3)c2)cc1.Cc1cccc(C)c1CN1CCn2cc(O)c(=O)cc2C1c1ccc(F)cc1. The van der Waals surface area contributed by atoms with Crippen LogP contribution in [0.4, 0.5) is 4.39 Å². The highest BCUT2D eigenvalue weighted by molar-refractivity contribution is 5.63. The topological polar surface area (TPSA) is 204 Å². The lowest BCUT2D eigenvalue weighted by molar-refractivity contribution is 0.0112.